The van der Waals surface area contributed by atoms with Crippen molar-refractivity contribution in [2.75, 3.05) is 0 Å². The Kier molecular flexibility index (Phi) is 1.35. The fraction of sp³-hybridized carbons (Fsp3) is 0.125. The SMILES string of the molecule is Fc1cccc2c1CNN=C2. The van der Waals surface area contributed by atoms with Crippen LogP contribution in [0.15, 0.2) is 23.3 Å². The van der Waals surface area contributed by atoms with Gasteiger partial charge in [0.15, 0.2) is 0 Å². The van der Waals surface area contributed by atoms with Gasteiger partial charge in [0.05, 0.1) is 12.8 Å². The Morgan fingerprint density at radius 2 is 2.36 bits per heavy atom. The van der Waals surface area contributed by atoms with Crippen LogP contribution in [-0.4, -0.2) is 6.21 Å². The lowest BCUT2D eigenvalue weighted by molar-refractivity contribution is 0.591. The van der Waals surface area contributed by atoms with Crippen LogP contribution in [0.3, 0.4) is 0 Å². The molecule has 1 aromatic rings. The molecule has 1 N–H and O–H groups in total. The van der Waals surface area contributed by atoms with Crippen molar-refractivity contribution in [3.05, 3.63) is 35.1 Å². The average molecular weight is 150 g/mol. The number of benzene rings is 1. The van der Waals surface area contributed by atoms with E-state index < -0.39 is 0 Å². The van der Waals surface area contributed by atoms with Gasteiger partial charge < -0.3 is 5.43 Å². The fourth-order valence-corrected chi connectivity index (χ4v) is 1.12. The monoisotopic (exact) mass is 150 g/mol. The summed E-state index contributed by atoms with van der Waals surface area (Å²) in [5.41, 5.74) is 4.27. The minimum Gasteiger partial charge on any atom is -0.306 e. The van der Waals surface area contributed by atoms with Gasteiger partial charge in [-0.2, -0.15) is 5.10 Å². The highest BCUT2D eigenvalue weighted by atomic mass is 19.1. The van der Waals surface area contributed by atoms with Gasteiger partial charge in [-0.3, -0.25) is 0 Å². The molecular weight excluding hydrogens is 143 g/mol. The summed E-state index contributed by atoms with van der Waals surface area (Å²) in [7, 11) is 0. The first kappa shape index (κ1) is 6.34. The first-order valence-corrected chi connectivity index (χ1v) is 3.41. The zero-order valence-corrected chi connectivity index (χ0v) is 5.84. The van der Waals surface area contributed by atoms with Crippen molar-refractivity contribution in [1.82, 2.24) is 5.43 Å². The number of hydrogen-bond donors (Lipinski definition) is 1. The van der Waals surface area contributed by atoms with Crippen LogP contribution in [0, 0.1) is 5.82 Å². The number of nitrogens with one attached hydrogen (secondary N) is 1. The summed E-state index contributed by atoms with van der Waals surface area (Å²) in [6.45, 7) is 0.485. The van der Waals surface area contributed by atoms with E-state index in [1.54, 1.807) is 12.3 Å². The highest BCUT2D eigenvalue weighted by Gasteiger charge is 2.08. The summed E-state index contributed by atoms with van der Waals surface area (Å²) in [5.74, 6) is -0.166. The van der Waals surface area contributed by atoms with E-state index in [2.05, 4.69) is 10.5 Å². The standard InChI is InChI=1S/C8H7FN2/c9-8-3-1-2-6-4-10-11-5-7(6)8/h1-4,11H,5H2. The third kappa shape index (κ3) is 0.981. The molecule has 2 nitrogen and oxygen atoms in total. The van der Waals surface area contributed by atoms with E-state index in [4.69, 9.17) is 0 Å². The van der Waals surface area contributed by atoms with Crippen molar-refractivity contribution in [1.29, 1.82) is 0 Å². The van der Waals surface area contributed by atoms with E-state index in [0.717, 1.165) is 5.56 Å². The Morgan fingerprint density at radius 1 is 1.45 bits per heavy atom. The van der Waals surface area contributed by atoms with Crippen molar-refractivity contribution in [2.24, 2.45) is 5.10 Å². The molecule has 0 spiro atoms. The van der Waals surface area contributed by atoms with Gasteiger partial charge in [-0.25, -0.2) is 4.39 Å². The minimum atomic E-state index is -0.166. The molecular formula is C8H7FN2. The Labute approximate surface area is 63.7 Å². The summed E-state index contributed by atoms with van der Waals surface area (Å²) in [6.07, 6.45) is 1.63. The molecule has 0 aliphatic carbocycles. The third-order valence-corrected chi connectivity index (χ3v) is 1.71. The predicted molar refractivity (Wildman–Crippen MR) is 40.8 cm³/mol. The molecule has 0 amide bonds. The maximum absolute atomic E-state index is 13.0. The second-order valence-corrected chi connectivity index (χ2v) is 2.40. The largest absolute Gasteiger partial charge is 0.306 e. The quantitative estimate of drug-likeness (QED) is 0.591. The van der Waals surface area contributed by atoms with Gasteiger partial charge >= 0.3 is 0 Å². The number of hydrazone groups is 1. The van der Waals surface area contributed by atoms with E-state index in [1.807, 2.05) is 6.07 Å². The summed E-state index contributed by atoms with van der Waals surface area (Å²) in [6, 6.07) is 4.99. The zero-order chi connectivity index (χ0) is 7.68. The van der Waals surface area contributed by atoms with Crippen molar-refractivity contribution in [2.45, 2.75) is 6.54 Å². The summed E-state index contributed by atoms with van der Waals surface area (Å²) in [4.78, 5) is 0. The first-order valence-electron chi connectivity index (χ1n) is 3.41. The van der Waals surface area contributed by atoms with Crippen molar-refractivity contribution >= 4 is 6.21 Å². The van der Waals surface area contributed by atoms with Gasteiger partial charge in [-0.1, -0.05) is 12.1 Å². The van der Waals surface area contributed by atoms with E-state index in [-0.39, 0.29) is 5.82 Å². The molecule has 0 aromatic heterocycles. The fourth-order valence-electron chi connectivity index (χ4n) is 1.12. The number of fused-ring (bicyclic) bond motifs is 1. The van der Waals surface area contributed by atoms with Crippen molar-refractivity contribution in [3.63, 3.8) is 0 Å². The second kappa shape index (κ2) is 2.34. The Balaban J connectivity index is 2.60. The van der Waals surface area contributed by atoms with Gasteiger partial charge in [0.1, 0.15) is 5.82 Å². The van der Waals surface area contributed by atoms with E-state index in [1.165, 1.54) is 6.07 Å². The zero-order valence-electron chi connectivity index (χ0n) is 5.84. The maximum Gasteiger partial charge on any atom is 0.128 e. The highest BCUT2D eigenvalue weighted by molar-refractivity contribution is 5.82. The number of hydrogen-bond acceptors (Lipinski definition) is 2. The van der Waals surface area contributed by atoms with Gasteiger partial charge in [0.2, 0.25) is 0 Å². The molecule has 0 atom stereocenters. The van der Waals surface area contributed by atoms with Gasteiger partial charge in [-0.05, 0) is 6.07 Å². The van der Waals surface area contributed by atoms with Crippen LogP contribution in [0.1, 0.15) is 11.1 Å². The lowest BCUT2D eigenvalue weighted by Crippen LogP contribution is -2.14. The number of halogens is 1. The van der Waals surface area contributed by atoms with Crippen LogP contribution in [0.25, 0.3) is 0 Å². The highest BCUT2D eigenvalue weighted by Crippen LogP contribution is 2.13. The van der Waals surface area contributed by atoms with Crippen LogP contribution in [-0.2, 0) is 6.54 Å². The molecule has 11 heavy (non-hydrogen) atoms. The molecule has 3 heteroatoms. The second-order valence-electron chi connectivity index (χ2n) is 2.40. The molecule has 1 aliphatic rings. The minimum absolute atomic E-state index is 0.166. The number of nitrogens with zero attached hydrogens (tertiary/aromatic N) is 1. The Bertz CT molecular complexity index is 307. The van der Waals surface area contributed by atoms with E-state index in [0.29, 0.717) is 12.1 Å². The molecule has 1 aliphatic heterocycles. The van der Waals surface area contributed by atoms with Gasteiger partial charge in [0, 0.05) is 11.1 Å². The van der Waals surface area contributed by atoms with Crippen molar-refractivity contribution < 1.29 is 4.39 Å². The molecule has 1 heterocycles. The lowest BCUT2D eigenvalue weighted by Gasteiger charge is -2.10. The molecule has 0 unspecified atom stereocenters. The summed E-state index contributed by atoms with van der Waals surface area (Å²) in [5, 5.41) is 3.82. The lowest BCUT2D eigenvalue weighted by atomic mass is 10.1. The predicted octanol–water partition coefficient (Wildman–Crippen LogP) is 1.26. The first-order chi connectivity index (χ1) is 5.38. The van der Waals surface area contributed by atoms with Crippen LogP contribution in [0.2, 0.25) is 0 Å². The maximum atomic E-state index is 13.0. The Morgan fingerprint density at radius 3 is 3.18 bits per heavy atom. The third-order valence-electron chi connectivity index (χ3n) is 1.71. The molecule has 0 saturated heterocycles. The van der Waals surface area contributed by atoms with Gasteiger partial charge in [0.25, 0.3) is 0 Å². The molecule has 0 radical (unpaired) electrons. The van der Waals surface area contributed by atoms with Gasteiger partial charge in [-0.15, -0.1) is 0 Å². The molecule has 1 aromatic carbocycles. The molecule has 0 saturated carbocycles. The summed E-state index contributed by atoms with van der Waals surface area (Å²) >= 11 is 0. The van der Waals surface area contributed by atoms with E-state index >= 15 is 0 Å². The Hall–Kier alpha value is -1.38. The molecule has 56 valence electrons. The smallest absolute Gasteiger partial charge is 0.128 e. The van der Waals surface area contributed by atoms with Crippen LogP contribution >= 0.6 is 0 Å². The summed E-state index contributed by atoms with van der Waals surface area (Å²) < 4.78 is 13.0. The molecule has 0 fully saturated rings. The van der Waals surface area contributed by atoms with Crippen LogP contribution < -0.4 is 5.43 Å². The molecule has 0 bridgehead atoms. The molecule has 2 rings (SSSR count). The van der Waals surface area contributed by atoms with Crippen LogP contribution in [0.4, 0.5) is 4.39 Å². The number of rotatable bonds is 0. The topological polar surface area (TPSA) is 24.4 Å². The van der Waals surface area contributed by atoms with E-state index in [9.17, 15) is 4.39 Å². The van der Waals surface area contributed by atoms with Crippen molar-refractivity contribution in [3.8, 4) is 0 Å². The normalized spacial score (nSPS) is 13.9. The average Bonchev–Trinajstić information content (AvgIpc) is 2.06. The van der Waals surface area contributed by atoms with Crippen LogP contribution in [0.5, 0.6) is 0 Å².